The fourth-order valence-corrected chi connectivity index (χ4v) is 2.90. The molecule has 0 fully saturated rings. The van der Waals surface area contributed by atoms with Crippen LogP contribution in [0, 0.1) is 5.92 Å². The molecule has 3 rings (SSSR count). The van der Waals surface area contributed by atoms with Crippen LogP contribution in [-0.2, 0) is 11.2 Å². The van der Waals surface area contributed by atoms with Crippen molar-refractivity contribution in [2.75, 3.05) is 11.9 Å². The first-order valence-electron chi connectivity index (χ1n) is 9.37. The standard InChI is InChI=1S/C21H25N5O2/c1-14(2)19(26-21(28)23-15-8-4-3-5-9-15)20(27)22-13-12-18-24-16-10-6-7-11-17(16)25-18/h3-11,14,19H,12-13H2,1-2H3,(H,22,27)(H,24,25)(H2,23,26,28). The number of para-hydroxylation sites is 3. The van der Waals surface area contributed by atoms with Crippen LogP contribution in [0.2, 0.25) is 0 Å². The second kappa shape index (κ2) is 9.03. The molecule has 3 aromatic rings. The minimum absolute atomic E-state index is 0.0484. The highest BCUT2D eigenvalue weighted by Gasteiger charge is 2.24. The van der Waals surface area contributed by atoms with Crippen molar-refractivity contribution in [2.45, 2.75) is 26.3 Å². The Hall–Kier alpha value is -3.35. The summed E-state index contributed by atoms with van der Waals surface area (Å²) in [6.07, 6.45) is 0.585. The topological polar surface area (TPSA) is 98.9 Å². The average Bonchev–Trinajstić information content (AvgIpc) is 3.09. The Morgan fingerprint density at radius 2 is 1.75 bits per heavy atom. The van der Waals surface area contributed by atoms with Crippen molar-refractivity contribution in [1.29, 1.82) is 0 Å². The molecule has 7 heteroatoms. The molecule has 28 heavy (non-hydrogen) atoms. The number of imidazole rings is 1. The zero-order valence-electron chi connectivity index (χ0n) is 16.0. The number of fused-ring (bicyclic) bond motifs is 1. The summed E-state index contributed by atoms with van der Waals surface area (Å²) in [5, 5.41) is 8.37. The second-order valence-electron chi connectivity index (χ2n) is 6.93. The number of aromatic amines is 1. The van der Waals surface area contributed by atoms with E-state index in [0.717, 1.165) is 16.9 Å². The molecule has 0 bridgehead atoms. The number of aromatic nitrogens is 2. The summed E-state index contributed by atoms with van der Waals surface area (Å²) < 4.78 is 0. The van der Waals surface area contributed by atoms with E-state index in [1.165, 1.54) is 0 Å². The molecule has 4 N–H and O–H groups in total. The molecule has 0 saturated heterocycles. The normalized spacial score (nSPS) is 12.0. The van der Waals surface area contributed by atoms with Crippen molar-refractivity contribution in [1.82, 2.24) is 20.6 Å². The third kappa shape index (κ3) is 5.09. The van der Waals surface area contributed by atoms with E-state index in [9.17, 15) is 9.59 Å². The lowest BCUT2D eigenvalue weighted by Gasteiger charge is -2.22. The summed E-state index contributed by atoms with van der Waals surface area (Å²) in [6, 6.07) is 15.9. The molecular weight excluding hydrogens is 354 g/mol. The van der Waals surface area contributed by atoms with Gasteiger partial charge >= 0.3 is 6.03 Å². The number of rotatable bonds is 7. The Labute approximate surface area is 163 Å². The molecule has 2 aromatic carbocycles. The van der Waals surface area contributed by atoms with Crippen LogP contribution in [0.4, 0.5) is 10.5 Å². The Morgan fingerprint density at radius 3 is 2.46 bits per heavy atom. The van der Waals surface area contributed by atoms with Gasteiger partial charge in [0.25, 0.3) is 0 Å². The lowest BCUT2D eigenvalue weighted by Crippen LogP contribution is -2.51. The average molecular weight is 379 g/mol. The zero-order valence-corrected chi connectivity index (χ0v) is 16.0. The van der Waals surface area contributed by atoms with Crippen LogP contribution in [-0.4, -0.2) is 34.5 Å². The molecule has 1 heterocycles. The number of urea groups is 1. The monoisotopic (exact) mass is 379 g/mol. The number of hydrogen-bond donors (Lipinski definition) is 4. The number of H-pyrrole nitrogens is 1. The van der Waals surface area contributed by atoms with Crippen LogP contribution < -0.4 is 16.0 Å². The predicted molar refractivity (Wildman–Crippen MR) is 110 cm³/mol. The summed E-state index contributed by atoms with van der Waals surface area (Å²) >= 11 is 0. The van der Waals surface area contributed by atoms with Gasteiger partial charge in [-0.1, -0.05) is 44.2 Å². The van der Waals surface area contributed by atoms with Crippen molar-refractivity contribution in [2.24, 2.45) is 5.92 Å². The molecule has 0 aliphatic rings. The van der Waals surface area contributed by atoms with Gasteiger partial charge in [0.2, 0.25) is 5.91 Å². The second-order valence-corrected chi connectivity index (χ2v) is 6.93. The fraction of sp³-hybridized carbons (Fsp3) is 0.286. The Bertz CT molecular complexity index is 903. The van der Waals surface area contributed by atoms with E-state index in [-0.39, 0.29) is 11.8 Å². The first-order chi connectivity index (χ1) is 13.5. The number of nitrogens with zero attached hydrogens (tertiary/aromatic N) is 1. The summed E-state index contributed by atoms with van der Waals surface area (Å²) in [5.41, 5.74) is 2.55. The fourth-order valence-electron chi connectivity index (χ4n) is 2.90. The molecule has 7 nitrogen and oxygen atoms in total. The third-order valence-electron chi connectivity index (χ3n) is 4.37. The maximum Gasteiger partial charge on any atom is 0.319 e. The van der Waals surface area contributed by atoms with Gasteiger partial charge in [0.1, 0.15) is 11.9 Å². The number of amides is 3. The quantitative estimate of drug-likeness (QED) is 0.508. The zero-order chi connectivity index (χ0) is 19.9. The Morgan fingerprint density at radius 1 is 1.04 bits per heavy atom. The van der Waals surface area contributed by atoms with Crippen LogP contribution in [0.25, 0.3) is 11.0 Å². The summed E-state index contributed by atoms with van der Waals surface area (Å²) in [6.45, 7) is 4.22. The van der Waals surface area contributed by atoms with E-state index in [4.69, 9.17) is 0 Å². The molecule has 146 valence electrons. The summed E-state index contributed by atoms with van der Waals surface area (Å²) in [7, 11) is 0. The maximum absolute atomic E-state index is 12.6. The van der Waals surface area contributed by atoms with Gasteiger partial charge in [0.15, 0.2) is 0 Å². The molecular formula is C21H25N5O2. The van der Waals surface area contributed by atoms with Gasteiger partial charge in [-0.05, 0) is 30.2 Å². The minimum atomic E-state index is -0.626. The number of carbonyl (C=O) groups is 2. The van der Waals surface area contributed by atoms with Crippen LogP contribution in [0.1, 0.15) is 19.7 Å². The number of nitrogens with one attached hydrogen (secondary N) is 4. The number of hydrogen-bond acceptors (Lipinski definition) is 3. The maximum atomic E-state index is 12.6. The first kappa shape index (κ1) is 19.4. The minimum Gasteiger partial charge on any atom is -0.354 e. The summed E-state index contributed by atoms with van der Waals surface area (Å²) in [5.74, 6) is 0.555. The van der Waals surface area contributed by atoms with E-state index < -0.39 is 12.1 Å². The van der Waals surface area contributed by atoms with Crippen molar-refractivity contribution >= 4 is 28.7 Å². The van der Waals surface area contributed by atoms with E-state index in [2.05, 4.69) is 25.9 Å². The number of carbonyl (C=O) groups excluding carboxylic acids is 2. The van der Waals surface area contributed by atoms with Gasteiger partial charge in [0, 0.05) is 18.7 Å². The number of benzene rings is 2. The Kier molecular flexibility index (Phi) is 6.26. The van der Waals surface area contributed by atoms with E-state index in [0.29, 0.717) is 18.7 Å². The largest absolute Gasteiger partial charge is 0.354 e. The van der Waals surface area contributed by atoms with Crippen LogP contribution >= 0.6 is 0 Å². The molecule has 1 aromatic heterocycles. The van der Waals surface area contributed by atoms with Gasteiger partial charge in [-0.3, -0.25) is 4.79 Å². The number of anilines is 1. The van der Waals surface area contributed by atoms with Gasteiger partial charge in [-0.15, -0.1) is 0 Å². The van der Waals surface area contributed by atoms with Crippen LogP contribution in [0.15, 0.2) is 54.6 Å². The van der Waals surface area contributed by atoms with E-state index >= 15 is 0 Å². The van der Waals surface area contributed by atoms with Crippen molar-refractivity contribution in [3.8, 4) is 0 Å². The highest BCUT2D eigenvalue weighted by atomic mass is 16.2. The summed E-state index contributed by atoms with van der Waals surface area (Å²) in [4.78, 5) is 32.5. The van der Waals surface area contributed by atoms with Crippen molar-refractivity contribution < 1.29 is 9.59 Å². The lowest BCUT2D eigenvalue weighted by molar-refractivity contribution is -0.123. The first-order valence-corrected chi connectivity index (χ1v) is 9.37. The smallest absolute Gasteiger partial charge is 0.319 e. The molecule has 1 unspecified atom stereocenters. The highest BCUT2D eigenvalue weighted by molar-refractivity contribution is 5.93. The van der Waals surface area contributed by atoms with E-state index in [1.54, 1.807) is 12.1 Å². The van der Waals surface area contributed by atoms with Crippen LogP contribution in [0.3, 0.4) is 0 Å². The van der Waals surface area contributed by atoms with Crippen molar-refractivity contribution in [3.05, 3.63) is 60.4 Å². The van der Waals surface area contributed by atoms with Gasteiger partial charge in [-0.2, -0.15) is 0 Å². The highest BCUT2D eigenvalue weighted by Crippen LogP contribution is 2.10. The SMILES string of the molecule is CC(C)C(NC(=O)Nc1ccccc1)C(=O)NCCc1nc2ccccc2[nH]1. The van der Waals surface area contributed by atoms with Gasteiger partial charge < -0.3 is 20.9 Å². The molecule has 0 aliphatic carbocycles. The lowest BCUT2D eigenvalue weighted by atomic mass is 10.0. The van der Waals surface area contributed by atoms with Crippen molar-refractivity contribution in [3.63, 3.8) is 0 Å². The molecule has 1 atom stereocenters. The Balaban J connectivity index is 1.51. The molecule has 3 amide bonds. The van der Waals surface area contributed by atoms with Crippen LogP contribution in [0.5, 0.6) is 0 Å². The third-order valence-corrected chi connectivity index (χ3v) is 4.37. The molecule has 0 aliphatic heterocycles. The van der Waals surface area contributed by atoms with Gasteiger partial charge in [0.05, 0.1) is 11.0 Å². The van der Waals surface area contributed by atoms with Gasteiger partial charge in [-0.25, -0.2) is 9.78 Å². The van der Waals surface area contributed by atoms with E-state index in [1.807, 2.05) is 56.3 Å². The molecule has 0 spiro atoms. The predicted octanol–water partition coefficient (Wildman–Crippen LogP) is 3.07. The molecule has 0 radical (unpaired) electrons. The molecule has 0 saturated carbocycles.